The highest BCUT2D eigenvalue weighted by molar-refractivity contribution is 14.1. The van der Waals surface area contributed by atoms with E-state index >= 15 is 0 Å². The Kier molecular flexibility index (Phi) is 2.03. The quantitative estimate of drug-likeness (QED) is 0.750. The van der Waals surface area contributed by atoms with Gasteiger partial charge in [-0.05, 0) is 40.8 Å². The van der Waals surface area contributed by atoms with Gasteiger partial charge in [0.25, 0.3) is 0 Å². The molecular formula is C8H4FIN2O. The largest absolute Gasteiger partial charge is 0.286 e. The summed E-state index contributed by atoms with van der Waals surface area (Å²) < 4.78 is 13.1. The Balaban J connectivity index is 2.95. The highest BCUT2D eigenvalue weighted by atomic mass is 127. The number of aromatic nitrogens is 2. The first-order chi connectivity index (χ1) is 6.18. The summed E-state index contributed by atoms with van der Waals surface area (Å²) in [5.74, 6) is -0.383. The van der Waals surface area contributed by atoms with Crippen molar-refractivity contribution in [2.75, 3.05) is 0 Å². The molecule has 0 saturated carbocycles. The Morgan fingerprint density at radius 2 is 2.23 bits per heavy atom. The molecule has 3 nitrogen and oxygen atoms in total. The lowest BCUT2D eigenvalue weighted by Gasteiger charge is -1.96. The number of nitrogens with one attached hydrogen (secondary N) is 1. The summed E-state index contributed by atoms with van der Waals surface area (Å²) >= 11 is 1.83. The van der Waals surface area contributed by atoms with E-state index in [9.17, 15) is 9.18 Å². The number of nitrogens with zero attached hydrogens (tertiary/aromatic N) is 1. The minimum absolute atomic E-state index is 0.172. The summed E-state index contributed by atoms with van der Waals surface area (Å²) in [6, 6.07) is 3.96. The SMILES string of the molecule is O=c1c(I)n[nH]c2cc(F)ccc12. The second kappa shape index (κ2) is 3.06. The number of benzene rings is 1. The number of halogens is 2. The van der Waals surface area contributed by atoms with E-state index in [0.29, 0.717) is 14.6 Å². The Morgan fingerprint density at radius 3 is 3.00 bits per heavy atom. The normalized spacial score (nSPS) is 10.6. The van der Waals surface area contributed by atoms with Gasteiger partial charge in [-0.15, -0.1) is 0 Å². The summed E-state index contributed by atoms with van der Waals surface area (Å²) in [6.45, 7) is 0. The van der Waals surface area contributed by atoms with Crippen LogP contribution >= 0.6 is 22.6 Å². The molecule has 0 amide bonds. The number of hydrogen-bond donors (Lipinski definition) is 1. The summed E-state index contributed by atoms with van der Waals surface area (Å²) in [7, 11) is 0. The van der Waals surface area contributed by atoms with Crippen LogP contribution < -0.4 is 5.43 Å². The van der Waals surface area contributed by atoms with E-state index in [1.54, 1.807) is 0 Å². The van der Waals surface area contributed by atoms with Gasteiger partial charge in [-0.2, -0.15) is 5.10 Å². The van der Waals surface area contributed by atoms with Crippen LogP contribution in [0.15, 0.2) is 23.0 Å². The average Bonchev–Trinajstić information content (AvgIpc) is 2.12. The van der Waals surface area contributed by atoms with Crippen LogP contribution in [-0.2, 0) is 0 Å². The van der Waals surface area contributed by atoms with Crippen LogP contribution in [0.2, 0.25) is 0 Å². The number of hydrogen-bond acceptors (Lipinski definition) is 2. The van der Waals surface area contributed by atoms with Gasteiger partial charge in [0, 0.05) is 5.39 Å². The molecule has 0 bridgehead atoms. The van der Waals surface area contributed by atoms with Crippen LogP contribution in [0.1, 0.15) is 0 Å². The fourth-order valence-electron chi connectivity index (χ4n) is 1.08. The molecule has 0 aliphatic heterocycles. The lowest BCUT2D eigenvalue weighted by molar-refractivity contribution is 0.629. The van der Waals surface area contributed by atoms with Crippen LogP contribution in [0.3, 0.4) is 0 Å². The van der Waals surface area contributed by atoms with Crippen LogP contribution in [0.4, 0.5) is 4.39 Å². The van der Waals surface area contributed by atoms with Gasteiger partial charge in [-0.25, -0.2) is 4.39 Å². The zero-order chi connectivity index (χ0) is 9.42. The van der Waals surface area contributed by atoms with E-state index in [0.717, 1.165) is 0 Å². The molecule has 5 heteroatoms. The third-order valence-corrected chi connectivity index (χ3v) is 2.42. The van der Waals surface area contributed by atoms with Gasteiger partial charge >= 0.3 is 0 Å². The molecule has 0 radical (unpaired) electrons. The van der Waals surface area contributed by atoms with Gasteiger partial charge in [-0.1, -0.05) is 0 Å². The third-order valence-electron chi connectivity index (χ3n) is 1.69. The molecule has 1 aromatic heterocycles. The summed E-state index contributed by atoms with van der Waals surface area (Å²) in [4.78, 5) is 11.4. The molecule has 2 rings (SSSR count). The Hall–Kier alpha value is -0.980. The first-order valence-electron chi connectivity index (χ1n) is 3.52. The molecule has 1 N–H and O–H groups in total. The van der Waals surface area contributed by atoms with E-state index in [-0.39, 0.29) is 11.2 Å². The van der Waals surface area contributed by atoms with Crippen LogP contribution in [0.5, 0.6) is 0 Å². The minimum Gasteiger partial charge on any atom is -0.286 e. The Labute approximate surface area is 86.1 Å². The van der Waals surface area contributed by atoms with E-state index in [2.05, 4.69) is 10.2 Å². The number of H-pyrrole nitrogens is 1. The molecule has 0 fully saturated rings. The first-order valence-corrected chi connectivity index (χ1v) is 4.60. The zero-order valence-corrected chi connectivity index (χ0v) is 8.50. The van der Waals surface area contributed by atoms with Crippen molar-refractivity contribution in [2.24, 2.45) is 0 Å². The van der Waals surface area contributed by atoms with Crippen molar-refractivity contribution >= 4 is 33.5 Å². The molecule has 13 heavy (non-hydrogen) atoms. The number of aromatic amines is 1. The van der Waals surface area contributed by atoms with Crippen LogP contribution in [0, 0.1) is 9.52 Å². The molecule has 0 aliphatic carbocycles. The predicted molar refractivity (Wildman–Crippen MR) is 55.0 cm³/mol. The molecule has 1 heterocycles. The number of fused-ring (bicyclic) bond motifs is 1. The summed E-state index contributed by atoms with van der Waals surface area (Å²) in [5, 5.41) is 6.79. The van der Waals surface area contributed by atoms with Crippen molar-refractivity contribution < 1.29 is 4.39 Å². The molecule has 0 aliphatic rings. The van der Waals surface area contributed by atoms with Crippen molar-refractivity contribution in [3.8, 4) is 0 Å². The van der Waals surface area contributed by atoms with Gasteiger partial charge in [0.1, 0.15) is 5.82 Å². The zero-order valence-electron chi connectivity index (χ0n) is 6.34. The Morgan fingerprint density at radius 1 is 1.46 bits per heavy atom. The second-order valence-electron chi connectivity index (χ2n) is 2.53. The molecule has 0 saturated heterocycles. The maximum atomic E-state index is 12.7. The van der Waals surface area contributed by atoms with Gasteiger partial charge < -0.3 is 0 Å². The lowest BCUT2D eigenvalue weighted by atomic mass is 10.2. The maximum absolute atomic E-state index is 12.7. The standard InChI is InChI=1S/C8H4FIN2O/c9-4-1-2-5-6(3-4)11-12-8(10)7(5)13/h1-3H,(H,11,13). The molecule has 1 aromatic carbocycles. The van der Waals surface area contributed by atoms with Crippen molar-refractivity contribution in [1.29, 1.82) is 0 Å². The average molecular weight is 290 g/mol. The highest BCUT2D eigenvalue weighted by Gasteiger charge is 2.03. The van der Waals surface area contributed by atoms with Crippen LogP contribution in [-0.4, -0.2) is 10.2 Å². The van der Waals surface area contributed by atoms with Gasteiger partial charge in [0.05, 0.1) is 5.52 Å². The van der Waals surface area contributed by atoms with Crippen molar-refractivity contribution in [1.82, 2.24) is 10.2 Å². The molecule has 66 valence electrons. The smallest absolute Gasteiger partial charge is 0.221 e. The number of rotatable bonds is 0. The van der Waals surface area contributed by atoms with Gasteiger partial charge in [0.15, 0.2) is 3.70 Å². The lowest BCUT2D eigenvalue weighted by Crippen LogP contribution is -2.09. The van der Waals surface area contributed by atoms with Gasteiger partial charge in [-0.3, -0.25) is 9.89 Å². The fourth-order valence-corrected chi connectivity index (χ4v) is 1.49. The van der Waals surface area contributed by atoms with E-state index in [1.807, 2.05) is 22.6 Å². The van der Waals surface area contributed by atoms with E-state index in [4.69, 9.17) is 0 Å². The monoisotopic (exact) mass is 290 g/mol. The van der Waals surface area contributed by atoms with Crippen molar-refractivity contribution in [3.63, 3.8) is 0 Å². The van der Waals surface area contributed by atoms with Crippen LogP contribution in [0.25, 0.3) is 10.9 Å². The molecule has 0 unspecified atom stereocenters. The first kappa shape index (κ1) is 8.61. The van der Waals surface area contributed by atoms with E-state index < -0.39 is 0 Å². The predicted octanol–water partition coefficient (Wildman–Crippen LogP) is 1.67. The fraction of sp³-hybridized carbons (Fsp3) is 0. The Bertz CT molecular complexity index is 523. The summed E-state index contributed by atoms with van der Waals surface area (Å²) in [6.07, 6.45) is 0. The topological polar surface area (TPSA) is 45.8 Å². The maximum Gasteiger partial charge on any atom is 0.221 e. The second-order valence-corrected chi connectivity index (χ2v) is 3.56. The van der Waals surface area contributed by atoms with Crippen molar-refractivity contribution in [2.45, 2.75) is 0 Å². The molecule has 0 atom stereocenters. The van der Waals surface area contributed by atoms with Gasteiger partial charge in [0.2, 0.25) is 5.43 Å². The molecular weight excluding hydrogens is 286 g/mol. The highest BCUT2D eigenvalue weighted by Crippen LogP contribution is 2.08. The molecule has 0 spiro atoms. The molecule has 2 aromatic rings. The third kappa shape index (κ3) is 1.43. The minimum atomic E-state index is -0.383. The van der Waals surface area contributed by atoms with Crippen molar-refractivity contribution in [3.05, 3.63) is 37.9 Å². The van der Waals surface area contributed by atoms with E-state index in [1.165, 1.54) is 18.2 Å². The summed E-state index contributed by atoms with van der Waals surface area (Å²) in [5.41, 5.74) is 0.250.